The van der Waals surface area contributed by atoms with Gasteiger partial charge < -0.3 is 5.11 Å². The van der Waals surface area contributed by atoms with Crippen molar-refractivity contribution in [3.8, 4) is 0 Å². The average molecular weight is 245 g/mol. The first-order valence-corrected chi connectivity index (χ1v) is 6.71. The maximum Gasteiger partial charge on any atom is 0.328 e. The molecule has 0 radical (unpaired) electrons. The predicted molar refractivity (Wildman–Crippen MR) is 69.2 cm³/mol. The SMILES string of the molecule is CC1CC1NC(C(=O)O)(c1ccccc1)C1CC1. The maximum absolute atomic E-state index is 11.9. The van der Waals surface area contributed by atoms with E-state index in [0.29, 0.717) is 12.0 Å². The van der Waals surface area contributed by atoms with E-state index in [9.17, 15) is 9.90 Å². The summed E-state index contributed by atoms with van der Waals surface area (Å²) in [7, 11) is 0. The number of benzene rings is 1. The molecular weight excluding hydrogens is 226 g/mol. The van der Waals surface area contributed by atoms with Crippen LogP contribution in [-0.2, 0) is 10.3 Å². The van der Waals surface area contributed by atoms with Crippen LogP contribution in [0, 0.1) is 11.8 Å². The lowest BCUT2D eigenvalue weighted by molar-refractivity contribution is -0.146. The summed E-state index contributed by atoms with van der Waals surface area (Å²) in [6, 6.07) is 10.0. The molecule has 96 valence electrons. The summed E-state index contributed by atoms with van der Waals surface area (Å²) in [6.07, 6.45) is 3.11. The van der Waals surface area contributed by atoms with E-state index in [0.717, 1.165) is 24.8 Å². The molecule has 0 amide bonds. The van der Waals surface area contributed by atoms with Crippen molar-refractivity contribution in [3.63, 3.8) is 0 Å². The van der Waals surface area contributed by atoms with Crippen LogP contribution in [-0.4, -0.2) is 17.1 Å². The molecule has 0 heterocycles. The molecule has 3 heteroatoms. The van der Waals surface area contributed by atoms with Gasteiger partial charge in [0.25, 0.3) is 0 Å². The highest BCUT2D eigenvalue weighted by molar-refractivity contribution is 5.82. The van der Waals surface area contributed by atoms with Crippen molar-refractivity contribution in [1.29, 1.82) is 0 Å². The molecule has 3 nitrogen and oxygen atoms in total. The lowest BCUT2D eigenvalue weighted by atomic mass is 9.84. The van der Waals surface area contributed by atoms with Crippen LogP contribution < -0.4 is 5.32 Å². The van der Waals surface area contributed by atoms with Gasteiger partial charge in [0.15, 0.2) is 0 Å². The van der Waals surface area contributed by atoms with Crippen molar-refractivity contribution in [1.82, 2.24) is 5.32 Å². The van der Waals surface area contributed by atoms with E-state index in [4.69, 9.17) is 0 Å². The Bertz CT molecular complexity index is 455. The lowest BCUT2D eigenvalue weighted by Crippen LogP contribution is -2.52. The van der Waals surface area contributed by atoms with Gasteiger partial charge in [-0.05, 0) is 36.7 Å². The maximum atomic E-state index is 11.9. The first-order valence-electron chi connectivity index (χ1n) is 6.71. The minimum absolute atomic E-state index is 0.241. The molecule has 3 unspecified atom stereocenters. The van der Waals surface area contributed by atoms with Crippen LogP contribution in [0.5, 0.6) is 0 Å². The number of carboxylic acids is 1. The Morgan fingerprint density at radius 1 is 1.33 bits per heavy atom. The van der Waals surface area contributed by atoms with Crippen LogP contribution in [0.1, 0.15) is 31.7 Å². The molecule has 0 spiro atoms. The fourth-order valence-electron chi connectivity index (χ4n) is 2.83. The number of hydrogen-bond donors (Lipinski definition) is 2. The van der Waals surface area contributed by atoms with Crippen LogP contribution in [0.4, 0.5) is 0 Å². The quantitative estimate of drug-likeness (QED) is 0.837. The van der Waals surface area contributed by atoms with Gasteiger partial charge in [0, 0.05) is 6.04 Å². The van der Waals surface area contributed by atoms with Gasteiger partial charge in [0.2, 0.25) is 0 Å². The summed E-state index contributed by atoms with van der Waals surface area (Å²) in [5.74, 6) is 0.117. The lowest BCUT2D eigenvalue weighted by Gasteiger charge is -2.32. The third kappa shape index (κ3) is 1.83. The molecule has 1 aromatic rings. The second-order valence-electron chi connectivity index (χ2n) is 5.72. The molecule has 0 bridgehead atoms. The van der Waals surface area contributed by atoms with Gasteiger partial charge in [-0.1, -0.05) is 37.3 Å². The van der Waals surface area contributed by atoms with E-state index in [1.807, 2.05) is 30.3 Å². The Kier molecular flexibility index (Phi) is 2.67. The smallest absolute Gasteiger partial charge is 0.328 e. The van der Waals surface area contributed by atoms with Crippen molar-refractivity contribution in [2.24, 2.45) is 11.8 Å². The molecule has 18 heavy (non-hydrogen) atoms. The Labute approximate surface area is 107 Å². The van der Waals surface area contributed by atoms with Crippen LogP contribution in [0.2, 0.25) is 0 Å². The van der Waals surface area contributed by atoms with Gasteiger partial charge in [-0.25, -0.2) is 4.79 Å². The van der Waals surface area contributed by atoms with Gasteiger partial charge in [0.1, 0.15) is 5.54 Å². The molecule has 3 rings (SSSR count). The molecule has 0 saturated heterocycles. The van der Waals surface area contributed by atoms with Gasteiger partial charge in [0.05, 0.1) is 0 Å². The highest BCUT2D eigenvalue weighted by Crippen LogP contribution is 2.48. The Balaban J connectivity index is 1.98. The third-order valence-electron chi connectivity index (χ3n) is 4.28. The van der Waals surface area contributed by atoms with E-state index >= 15 is 0 Å². The molecule has 0 aromatic heterocycles. The minimum Gasteiger partial charge on any atom is -0.480 e. The molecule has 3 atom stereocenters. The van der Waals surface area contributed by atoms with E-state index in [2.05, 4.69) is 12.2 Å². The molecule has 2 fully saturated rings. The van der Waals surface area contributed by atoms with Crippen molar-refractivity contribution >= 4 is 5.97 Å². The molecule has 2 N–H and O–H groups in total. The Morgan fingerprint density at radius 3 is 2.39 bits per heavy atom. The van der Waals surface area contributed by atoms with Crippen LogP contribution >= 0.6 is 0 Å². The third-order valence-corrected chi connectivity index (χ3v) is 4.28. The topological polar surface area (TPSA) is 49.3 Å². The van der Waals surface area contributed by atoms with Gasteiger partial charge in [-0.3, -0.25) is 5.32 Å². The zero-order chi connectivity index (χ0) is 12.8. The molecular formula is C15H19NO2. The van der Waals surface area contributed by atoms with Crippen LogP contribution in [0.25, 0.3) is 0 Å². The van der Waals surface area contributed by atoms with Crippen molar-refractivity contribution in [3.05, 3.63) is 35.9 Å². The highest BCUT2D eigenvalue weighted by atomic mass is 16.4. The predicted octanol–water partition coefficient (Wildman–Crippen LogP) is 2.37. The average Bonchev–Trinajstić information content (AvgIpc) is 3.25. The fourth-order valence-corrected chi connectivity index (χ4v) is 2.83. The molecule has 0 aliphatic heterocycles. The zero-order valence-corrected chi connectivity index (χ0v) is 10.6. The molecule has 2 saturated carbocycles. The van der Waals surface area contributed by atoms with Crippen molar-refractivity contribution < 1.29 is 9.90 Å². The number of rotatable bonds is 5. The highest BCUT2D eigenvalue weighted by Gasteiger charge is 2.55. The molecule has 2 aliphatic rings. The second kappa shape index (κ2) is 4.09. The molecule has 2 aliphatic carbocycles. The monoisotopic (exact) mass is 245 g/mol. The second-order valence-corrected chi connectivity index (χ2v) is 5.72. The summed E-state index contributed by atoms with van der Waals surface area (Å²) in [4.78, 5) is 11.9. The Morgan fingerprint density at radius 2 is 1.94 bits per heavy atom. The summed E-state index contributed by atoms with van der Waals surface area (Å²) < 4.78 is 0. The fraction of sp³-hybridized carbons (Fsp3) is 0.533. The number of carbonyl (C=O) groups is 1. The summed E-state index contributed by atoms with van der Waals surface area (Å²) in [6.45, 7) is 2.17. The Hall–Kier alpha value is -1.35. The van der Waals surface area contributed by atoms with E-state index in [1.165, 1.54) is 0 Å². The van der Waals surface area contributed by atoms with Crippen molar-refractivity contribution in [2.45, 2.75) is 37.8 Å². The summed E-state index contributed by atoms with van der Waals surface area (Å²) in [5, 5.41) is 13.2. The minimum atomic E-state index is -0.864. The number of hydrogen-bond acceptors (Lipinski definition) is 2. The van der Waals surface area contributed by atoms with Crippen LogP contribution in [0.3, 0.4) is 0 Å². The first kappa shape index (κ1) is 11.7. The van der Waals surface area contributed by atoms with Crippen LogP contribution in [0.15, 0.2) is 30.3 Å². The summed E-state index contributed by atoms with van der Waals surface area (Å²) >= 11 is 0. The van der Waals surface area contributed by atoms with E-state index in [-0.39, 0.29) is 5.92 Å². The van der Waals surface area contributed by atoms with Crippen molar-refractivity contribution in [2.75, 3.05) is 0 Å². The number of nitrogens with one attached hydrogen (secondary N) is 1. The zero-order valence-electron chi connectivity index (χ0n) is 10.6. The normalized spacial score (nSPS) is 29.6. The first-order chi connectivity index (χ1) is 8.64. The van der Waals surface area contributed by atoms with Gasteiger partial charge >= 0.3 is 5.97 Å². The van der Waals surface area contributed by atoms with E-state index in [1.54, 1.807) is 0 Å². The summed E-state index contributed by atoms with van der Waals surface area (Å²) in [5.41, 5.74) is 0.0375. The molecule has 1 aromatic carbocycles. The number of aliphatic carboxylic acids is 1. The van der Waals surface area contributed by atoms with E-state index < -0.39 is 11.5 Å². The van der Waals surface area contributed by atoms with Gasteiger partial charge in [-0.15, -0.1) is 0 Å². The van der Waals surface area contributed by atoms with Gasteiger partial charge in [-0.2, -0.15) is 0 Å². The number of carboxylic acid groups (broad SMARTS) is 1. The largest absolute Gasteiger partial charge is 0.480 e. The standard InChI is InChI=1S/C15H19NO2/c1-10-9-13(10)16-15(14(17)18,12-7-8-12)11-5-3-2-4-6-11/h2-6,10,12-13,16H,7-9H2,1H3,(H,17,18).